The van der Waals surface area contributed by atoms with Crippen LogP contribution >= 0.6 is 15.9 Å². The minimum absolute atomic E-state index is 0.0130. The van der Waals surface area contributed by atoms with E-state index in [0.29, 0.717) is 0 Å². The molecule has 1 aromatic rings. The highest BCUT2D eigenvalue weighted by Gasteiger charge is 2.41. The van der Waals surface area contributed by atoms with Crippen molar-refractivity contribution in [1.29, 1.82) is 0 Å². The topological polar surface area (TPSA) is 12.0 Å². The number of benzene rings is 1. The van der Waals surface area contributed by atoms with Crippen LogP contribution in [0.3, 0.4) is 0 Å². The molecular weight excluding hydrogens is 345 g/mol. The number of hydrogen-bond acceptors (Lipinski definition) is 1. The standard InChI is InChI=1S/C13H13BrF5N/c14-8-5-10(15)12(11(16)6-8)20-9-3-1-7(2-4-9)13(17,18)19/h5-7,9,20H,1-4H2. The van der Waals surface area contributed by atoms with E-state index in [1.165, 1.54) is 0 Å². The highest BCUT2D eigenvalue weighted by molar-refractivity contribution is 9.10. The monoisotopic (exact) mass is 357 g/mol. The van der Waals surface area contributed by atoms with E-state index >= 15 is 0 Å². The van der Waals surface area contributed by atoms with Crippen LogP contribution in [0.5, 0.6) is 0 Å². The van der Waals surface area contributed by atoms with Crippen molar-refractivity contribution >= 4 is 21.6 Å². The van der Waals surface area contributed by atoms with Gasteiger partial charge in [0.15, 0.2) is 0 Å². The fraction of sp³-hybridized carbons (Fsp3) is 0.538. The predicted molar refractivity (Wildman–Crippen MR) is 69.5 cm³/mol. The summed E-state index contributed by atoms with van der Waals surface area (Å²) in [6.07, 6.45) is -3.71. The summed E-state index contributed by atoms with van der Waals surface area (Å²) in [5.41, 5.74) is -0.274. The zero-order valence-electron chi connectivity index (χ0n) is 10.4. The number of alkyl halides is 3. The SMILES string of the molecule is Fc1cc(Br)cc(F)c1NC1CCC(C(F)(F)F)CC1. The van der Waals surface area contributed by atoms with Crippen molar-refractivity contribution in [2.45, 2.75) is 37.9 Å². The number of hydrogen-bond donors (Lipinski definition) is 1. The Hall–Kier alpha value is -0.850. The molecule has 20 heavy (non-hydrogen) atoms. The van der Waals surface area contributed by atoms with E-state index in [1.807, 2.05) is 0 Å². The van der Waals surface area contributed by atoms with E-state index in [9.17, 15) is 22.0 Å². The van der Waals surface area contributed by atoms with E-state index in [0.717, 1.165) is 12.1 Å². The smallest absolute Gasteiger partial charge is 0.378 e. The third-order valence-electron chi connectivity index (χ3n) is 3.55. The number of anilines is 1. The molecule has 0 saturated heterocycles. The second kappa shape index (κ2) is 5.87. The molecule has 0 spiro atoms. The molecule has 0 unspecified atom stereocenters. The summed E-state index contributed by atoms with van der Waals surface area (Å²) in [6.45, 7) is 0. The van der Waals surface area contributed by atoms with Crippen LogP contribution in [0.15, 0.2) is 16.6 Å². The van der Waals surface area contributed by atoms with Gasteiger partial charge in [-0.05, 0) is 37.8 Å². The van der Waals surface area contributed by atoms with E-state index in [2.05, 4.69) is 21.2 Å². The van der Waals surface area contributed by atoms with Crippen LogP contribution in [0.25, 0.3) is 0 Å². The summed E-state index contributed by atoms with van der Waals surface area (Å²) in [6, 6.07) is 1.90. The minimum atomic E-state index is -4.18. The highest BCUT2D eigenvalue weighted by atomic mass is 79.9. The summed E-state index contributed by atoms with van der Waals surface area (Å²) >= 11 is 2.97. The van der Waals surface area contributed by atoms with Gasteiger partial charge in [0.05, 0.1) is 5.92 Å². The van der Waals surface area contributed by atoms with Crippen molar-refractivity contribution < 1.29 is 22.0 Å². The Balaban J connectivity index is 2.00. The molecule has 1 aromatic carbocycles. The molecule has 1 N–H and O–H groups in total. The van der Waals surface area contributed by atoms with Crippen molar-refractivity contribution in [3.05, 3.63) is 28.2 Å². The first-order valence-electron chi connectivity index (χ1n) is 6.25. The van der Waals surface area contributed by atoms with Gasteiger partial charge in [0, 0.05) is 10.5 Å². The molecule has 7 heteroatoms. The molecule has 2 rings (SSSR count). The lowest BCUT2D eigenvalue weighted by atomic mass is 9.85. The zero-order valence-corrected chi connectivity index (χ0v) is 12.0. The maximum absolute atomic E-state index is 13.6. The van der Waals surface area contributed by atoms with Gasteiger partial charge in [-0.25, -0.2) is 8.78 Å². The first-order valence-corrected chi connectivity index (χ1v) is 7.04. The number of halogens is 6. The van der Waals surface area contributed by atoms with Crippen LogP contribution < -0.4 is 5.32 Å². The zero-order chi connectivity index (χ0) is 14.9. The lowest BCUT2D eigenvalue weighted by Crippen LogP contribution is -2.33. The average molecular weight is 358 g/mol. The average Bonchev–Trinajstić information content (AvgIpc) is 2.33. The van der Waals surface area contributed by atoms with Gasteiger partial charge in [0.1, 0.15) is 17.3 Å². The molecule has 1 saturated carbocycles. The Labute approximate surface area is 121 Å². The van der Waals surface area contributed by atoms with Crippen LogP contribution in [0.4, 0.5) is 27.6 Å². The summed E-state index contributed by atoms with van der Waals surface area (Å²) in [4.78, 5) is 0. The summed E-state index contributed by atoms with van der Waals surface area (Å²) in [5.74, 6) is -2.81. The lowest BCUT2D eigenvalue weighted by Gasteiger charge is -2.31. The summed E-state index contributed by atoms with van der Waals surface area (Å²) < 4.78 is 65.1. The van der Waals surface area contributed by atoms with E-state index in [-0.39, 0.29) is 41.9 Å². The molecule has 112 valence electrons. The van der Waals surface area contributed by atoms with E-state index in [1.54, 1.807) is 0 Å². The van der Waals surface area contributed by atoms with Gasteiger partial charge in [0.2, 0.25) is 0 Å². The van der Waals surface area contributed by atoms with Gasteiger partial charge in [-0.2, -0.15) is 13.2 Å². The fourth-order valence-electron chi connectivity index (χ4n) is 2.45. The summed E-state index contributed by atoms with van der Waals surface area (Å²) in [7, 11) is 0. The predicted octanol–water partition coefficient (Wildman–Crippen LogP) is 5.26. The molecular formula is C13H13BrF5N. The van der Waals surface area contributed by atoms with Crippen molar-refractivity contribution in [2.24, 2.45) is 5.92 Å². The third kappa shape index (κ3) is 3.62. The van der Waals surface area contributed by atoms with Crippen molar-refractivity contribution in [3.63, 3.8) is 0 Å². The van der Waals surface area contributed by atoms with Crippen LogP contribution in [-0.2, 0) is 0 Å². The first kappa shape index (κ1) is 15.5. The van der Waals surface area contributed by atoms with E-state index in [4.69, 9.17) is 0 Å². The Kier molecular flexibility index (Phi) is 4.56. The molecule has 0 aliphatic heterocycles. The van der Waals surface area contributed by atoms with Crippen molar-refractivity contribution in [2.75, 3.05) is 5.32 Å². The maximum atomic E-state index is 13.6. The normalized spacial score (nSPS) is 23.7. The van der Waals surface area contributed by atoms with Gasteiger partial charge in [0.25, 0.3) is 0 Å². The van der Waals surface area contributed by atoms with Crippen LogP contribution in [0.1, 0.15) is 25.7 Å². The molecule has 0 bridgehead atoms. The molecule has 0 amide bonds. The van der Waals surface area contributed by atoms with Crippen LogP contribution in [0.2, 0.25) is 0 Å². The molecule has 0 heterocycles. The quantitative estimate of drug-likeness (QED) is 0.711. The molecule has 0 aromatic heterocycles. The van der Waals surface area contributed by atoms with Gasteiger partial charge < -0.3 is 5.32 Å². The largest absolute Gasteiger partial charge is 0.391 e. The van der Waals surface area contributed by atoms with Gasteiger partial charge in [-0.15, -0.1) is 0 Å². The second-order valence-electron chi connectivity index (χ2n) is 4.98. The summed E-state index contributed by atoms with van der Waals surface area (Å²) in [5, 5.41) is 2.68. The van der Waals surface area contributed by atoms with Crippen LogP contribution in [-0.4, -0.2) is 12.2 Å². The Morgan fingerprint density at radius 2 is 1.50 bits per heavy atom. The van der Waals surface area contributed by atoms with Crippen molar-refractivity contribution in [1.82, 2.24) is 0 Å². The Bertz CT molecular complexity index is 457. The molecule has 0 radical (unpaired) electrons. The molecule has 1 aliphatic rings. The Morgan fingerprint density at radius 1 is 1.00 bits per heavy atom. The van der Waals surface area contributed by atoms with Gasteiger partial charge in [-0.1, -0.05) is 15.9 Å². The molecule has 1 fully saturated rings. The minimum Gasteiger partial charge on any atom is -0.378 e. The third-order valence-corrected chi connectivity index (χ3v) is 4.00. The van der Waals surface area contributed by atoms with E-state index < -0.39 is 23.7 Å². The Morgan fingerprint density at radius 3 is 1.95 bits per heavy atom. The van der Waals surface area contributed by atoms with Gasteiger partial charge >= 0.3 is 6.18 Å². The maximum Gasteiger partial charge on any atom is 0.391 e. The first-order chi connectivity index (χ1) is 9.27. The van der Waals surface area contributed by atoms with Crippen molar-refractivity contribution in [3.8, 4) is 0 Å². The second-order valence-corrected chi connectivity index (χ2v) is 5.89. The highest BCUT2D eigenvalue weighted by Crippen LogP contribution is 2.38. The number of nitrogens with one attached hydrogen (secondary N) is 1. The lowest BCUT2D eigenvalue weighted by molar-refractivity contribution is -0.182. The number of rotatable bonds is 2. The molecule has 1 aliphatic carbocycles. The fourth-order valence-corrected chi connectivity index (χ4v) is 2.85. The molecule has 0 atom stereocenters. The van der Waals surface area contributed by atoms with Gasteiger partial charge in [-0.3, -0.25) is 0 Å². The van der Waals surface area contributed by atoms with Crippen LogP contribution in [0, 0.1) is 17.6 Å². The molecule has 1 nitrogen and oxygen atoms in total.